The number of ether oxygens (including phenoxy) is 1. The average molecular weight is 269 g/mol. The topological polar surface area (TPSA) is 77.0 Å². The van der Waals surface area contributed by atoms with E-state index >= 15 is 0 Å². The summed E-state index contributed by atoms with van der Waals surface area (Å²) in [4.78, 5) is 10.7. The lowest BCUT2D eigenvalue weighted by Crippen LogP contribution is -2.17. The van der Waals surface area contributed by atoms with Crippen molar-refractivity contribution in [2.24, 2.45) is 16.0 Å². The van der Waals surface area contributed by atoms with Crippen molar-refractivity contribution in [1.29, 1.82) is 0 Å². The molecule has 102 valence electrons. The molecule has 1 atom stereocenters. The van der Waals surface area contributed by atoms with E-state index in [1.807, 2.05) is 60.7 Å². The summed E-state index contributed by atoms with van der Waals surface area (Å²) in [6.07, 6.45) is -0.819. The molecule has 0 aromatic heterocycles. The van der Waals surface area contributed by atoms with Crippen molar-refractivity contribution in [1.82, 2.24) is 0 Å². The zero-order chi connectivity index (χ0) is 14.2. The summed E-state index contributed by atoms with van der Waals surface area (Å²) in [5, 5.41) is 8.38. The van der Waals surface area contributed by atoms with E-state index in [1.54, 1.807) is 0 Å². The second-order valence-corrected chi connectivity index (χ2v) is 4.11. The highest BCUT2D eigenvalue weighted by Gasteiger charge is 2.12. The number of hydrogen-bond donors (Lipinski definition) is 1. The van der Waals surface area contributed by atoms with Crippen LogP contribution in [0.15, 0.2) is 70.9 Å². The summed E-state index contributed by atoms with van der Waals surface area (Å²) < 4.78 is 4.83. The first kappa shape index (κ1) is 13.7. The van der Waals surface area contributed by atoms with Crippen molar-refractivity contribution >= 4 is 11.8 Å². The fraction of sp³-hybridized carbons (Fsp3) is 0.133. The SMILES string of the molecule is NC(=O)OCC(N=Nc1ccccc1)c1ccccc1. The highest BCUT2D eigenvalue weighted by molar-refractivity contribution is 5.64. The number of primary amides is 1. The van der Waals surface area contributed by atoms with E-state index in [-0.39, 0.29) is 12.6 Å². The molecule has 5 heteroatoms. The third kappa shape index (κ3) is 4.20. The van der Waals surface area contributed by atoms with Gasteiger partial charge in [-0.2, -0.15) is 10.2 Å². The summed E-state index contributed by atoms with van der Waals surface area (Å²) in [5.41, 5.74) is 6.65. The van der Waals surface area contributed by atoms with Crippen molar-refractivity contribution in [3.05, 3.63) is 66.2 Å². The molecule has 20 heavy (non-hydrogen) atoms. The Labute approximate surface area is 117 Å². The van der Waals surface area contributed by atoms with Crippen LogP contribution in [0.1, 0.15) is 11.6 Å². The Morgan fingerprint density at radius 1 is 1.05 bits per heavy atom. The Morgan fingerprint density at radius 3 is 2.25 bits per heavy atom. The molecule has 0 aliphatic heterocycles. The molecule has 0 radical (unpaired) electrons. The molecule has 2 rings (SSSR count). The molecule has 0 fully saturated rings. The van der Waals surface area contributed by atoms with Crippen molar-refractivity contribution in [2.45, 2.75) is 6.04 Å². The van der Waals surface area contributed by atoms with Crippen LogP contribution in [0.2, 0.25) is 0 Å². The van der Waals surface area contributed by atoms with Crippen LogP contribution in [0, 0.1) is 0 Å². The van der Waals surface area contributed by atoms with Gasteiger partial charge < -0.3 is 10.5 Å². The van der Waals surface area contributed by atoms with Crippen LogP contribution in [0.25, 0.3) is 0 Å². The van der Waals surface area contributed by atoms with Crippen molar-refractivity contribution in [3.8, 4) is 0 Å². The Balaban J connectivity index is 2.14. The molecular weight excluding hydrogens is 254 g/mol. The minimum absolute atomic E-state index is 0.0652. The molecule has 0 aliphatic rings. The van der Waals surface area contributed by atoms with E-state index in [4.69, 9.17) is 10.5 Å². The van der Waals surface area contributed by atoms with E-state index in [0.717, 1.165) is 11.3 Å². The van der Waals surface area contributed by atoms with Gasteiger partial charge in [-0.15, -0.1) is 0 Å². The number of nitrogens with two attached hydrogens (primary N) is 1. The highest BCUT2D eigenvalue weighted by Crippen LogP contribution is 2.21. The number of amides is 1. The fourth-order valence-corrected chi connectivity index (χ4v) is 1.66. The normalized spacial score (nSPS) is 12.2. The van der Waals surface area contributed by atoms with Gasteiger partial charge in [0.25, 0.3) is 0 Å². The molecule has 0 saturated heterocycles. The second kappa shape index (κ2) is 7.04. The van der Waals surface area contributed by atoms with Crippen LogP contribution in [0.5, 0.6) is 0 Å². The number of benzene rings is 2. The van der Waals surface area contributed by atoms with E-state index in [1.165, 1.54) is 0 Å². The van der Waals surface area contributed by atoms with Gasteiger partial charge in [0, 0.05) is 0 Å². The second-order valence-electron chi connectivity index (χ2n) is 4.11. The molecule has 5 nitrogen and oxygen atoms in total. The Morgan fingerprint density at radius 2 is 1.65 bits per heavy atom. The average Bonchev–Trinajstić information content (AvgIpc) is 2.49. The molecule has 1 amide bonds. The highest BCUT2D eigenvalue weighted by atomic mass is 16.5. The van der Waals surface area contributed by atoms with Crippen molar-refractivity contribution < 1.29 is 9.53 Å². The summed E-state index contributed by atoms with van der Waals surface area (Å²) in [6.45, 7) is 0.0652. The van der Waals surface area contributed by atoms with Gasteiger partial charge in [-0.05, 0) is 17.7 Å². The van der Waals surface area contributed by atoms with Gasteiger partial charge in [-0.3, -0.25) is 0 Å². The number of hydrogen-bond acceptors (Lipinski definition) is 4. The van der Waals surface area contributed by atoms with Crippen LogP contribution in [-0.4, -0.2) is 12.7 Å². The third-order valence-electron chi connectivity index (χ3n) is 2.64. The van der Waals surface area contributed by atoms with E-state index in [2.05, 4.69) is 10.2 Å². The molecule has 1 unspecified atom stereocenters. The quantitative estimate of drug-likeness (QED) is 0.842. The summed E-state index contributed by atoms with van der Waals surface area (Å²) in [6, 6.07) is 18.5. The van der Waals surface area contributed by atoms with Crippen molar-refractivity contribution in [2.75, 3.05) is 6.61 Å². The van der Waals surface area contributed by atoms with Gasteiger partial charge in [0.05, 0.1) is 5.69 Å². The number of carbonyl (C=O) groups excluding carboxylic acids is 1. The maximum absolute atomic E-state index is 10.7. The van der Waals surface area contributed by atoms with Gasteiger partial charge in [-0.25, -0.2) is 4.79 Å². The fourth-order valence-electron chi connectivity index (χ4n) is 1.66. The molecule has 0 aliphatic carbocycles. The van der Waals surface area contributed by atoms with Crippen molar-refractivity contribution in [3.63, 3.8) is 0 Å². The van der Waals surface area contributed by atoms with E-state index in [9.17, 15) is 4.79 Å². The summed E-state index contributed by atoms with van der Waals surface area (Å²) in [5.74, 6) is 0. The minimum atomic E-state index is -0.819. The molecule has 0 saturated carbocycles. The number of rotatable bonds is 5. The van der Waals surface area contributed by atoms with Crippen LogP contribution in [-0.2, 0) is 4.74 Å². The van der Waals surface area contributed by atoms with Gasteiger partial charge in [0.1, 0.15) is 12.6 Å². The van der Waals surface area contributed by atoms with E-state index in [0.29, 0.717) is 0 Å². The third-order valence-corrected chi connectivity index (χ3v) is 2.64. The summed E-state index contributed by atoms with van der Waals surface area (Å²) in [7, 11) is 0. The molecule has 0 heterocycles. The smallest absolute Gasteiger partial charge is 0.404 e. The predicted octanol–water partition coefficient (Wildman–Crippen LogP) is 3.61. The standard InChI is InChI=1S/C15H15N3O2/c16-15(19)20-11-14(12-7-3-1-4-8-12)18-17-13-9-5-2-6-10-13/h1-10,14H,11H2,(H2,16,19). The lowest BCUT2D eigenvalue weighted by atomic mass is 10.1. The number of carbonyl (C=O) groups is 1. The first-order chi connectivity index (χ1) is 9.75. The lowest BCUT2D eigenvalue weighted by Gasteiger charge is -2.11. The Hall–Kier alpha value is -2.69. The maximum Gasteiger partial charge on any atom is 0.404 e. The number of azo groups is 1. The van der Waals surface area contributed by atoms with Crippen LogP contribution < -0.4 is 5.73 Å². The Bertz CT molecular complexity index is 570. The van der Waals surface area contributed by atoms with Gasteiger partial charge in [0.15, 0.2) is 0 Å². The van der Waals surface area contributed by atoms with Crippen LogP contribution >= 0.6 is 0 Å². The molecule has 2 aromatic carbocycles. The van der Waals surface area contributed by atoms with Crippen LogP contribution in [0.4, 0.5) is 10.5 Å². The molecular formula is C15H15N3O2. The molecule has 2 N–H and O–H groups in total. The zero-order valence-corrected chi connectivity index (χ0v) is 10.8. The maximum atomic E-state index is 10.7. The summed E-state index contributed by atoms with van der Waals surface area (Å²) >= 11 is 0. The number of nitrogens with zero attached hydrogens (tertiary/aromatic N) is 2. The monoisotopic (exact) mass is 269 g/mol. The largest absolute Gasteiger partial charge is 0.447 e. The zero-order valence-electron chi connectivity index (χ0n) is 10.8. The molecule has 0 bridgehead atoms. The van der Waals surface area contributed by atoms with Crippen LogP contribution in [0.3, 0.4) is 0 Å². The molecule has 2 aromatic rings. The first-order valence-corrected chi connectivity index (χ1v) is 6.19. The minimum Gasteiger partial charge on any atom is -0.447 e. The predicted molar refractivity (Wildman–Crippen MR) is 75.7 cm³/mol. The lowest BCUT2D eigenvalue weighted by molar-refractivity contribution is 0.149. The first-order valence-electron chi connectivity index (χ1n) is 6.19. The molecule has 0 spiro atoms. The van der Waals surface area contributed by atoms with Gasteiger partial charge in [-0.1, -0.05) is 48.5 Å². The van der Waals surface area contributed by atoms with E-state index < -0.39 is 6.09 Å². The van der Waals surface area contributed by atoms with Gasteiger partial charge in [0.2, 0.25) is 0 Å². The van der Waals surface area contributed by atoms with Gasteiger partial charge >= 0.3 is 6.09 Å². The Kier molecular flexibility index (Phi) is 4.83.